The van der Waals surface area contributed by atoms with Crippen molar-refractivity contribution in [3.63, 3.8) is 0 Å². The molecule has 2 aliphatic rings. The molecule has 2 fully saturated rings. The summed E-state index contributed by atoms with van der Waals surface area (Å²) in [5.41, 5.74) is 5.53. The summed E-state index contributed by atoms with van der Waals surface area (Å²) in [6, 6.07) is 3.61. The molecule has 0 saturated heterocycles. The fourth-order valence-electron chi connectivity index (χ4n) is 3.96. The van der Waals surface area contributed by atoms with Crippen molar-refractivity contribution in [2.45, 2.75) is 36.3 Å². The zero-order valence-corrected chi connectivity index (χ0v) is 14.1. The molecular weight excluding hydrogens is 304 g/mol. The van der Waals surface area contributed by atoms with Gasteiger partial charge in [-0.3, -0.25) is 0 Å². The SMILES string of the molecule is CN(CC1CC2CCC1C2)S(=O)(=O)c1ccc(CCN)s1. The van der Waals surface area contributed by atoms with Crippen LogP contribution in [0.4, 0.5) is 0 Å². The molecule has 3 atom stereocenters. The first-order valence-corrected chi connectivity index (χ1v) is 10.0. The van der Waals surface area contributed by atoms with Gasteiger partial charge in [-0.15, -0.1) is 11.3 Å². The maximum atomic E-state index is 12.6. The highest BCUT2D eigenvalue weighted by Crippen LogP contribution is 2.48. The Balaban J connectivity index is 1.68. The number of rotatable bonds is 6. The summed E-state index contributed by atoms with van der Waals surface area (Å²) >= 11 is 1.36. The Hall–Kier alpha value is -0.430. The van der Waals surface area contributed by atoms with Gasteiger partial charge in [-0.25, -0.2) is 8.42 Å². The minimum Gasteiger partial charge on any atom is -0.330 e. The minimum atomic E-state index is -3.33. The molecule has 2 N–H and O–H groups in total. The number of hydrogen-bond donors (Lipinski definition) is 1. The minimum absolute atomic E-state index is 0.455. The van der Waals surface area contributed by atoms with Crippen molar-refractivity contribution in [2.24, 2.45) is 23.5 Å². The van der Waals surface area contributed by atoms with Gasteiger partial charge in [0.15, 0.2) is 0 Å². The van der Waals surface area contributed by atoms with Crippen LogP contribution in [0.25, 0.3) is 0 Å². The topological polar surface area (TPSA) is 63.4 Å². The lowest BCUT2D eigenvalue weighted by Gasteiger charge is -2.26. The van der Waals surface area contributed by atoms with E-state index in [-0.39, 0.29) is 0 Å². The molecule has 2 saturated carbocycles. The Labute approximate surface area is 131 Å². The summed E-state index contributed by atoms with van der Waals surface area (Å²) in [7, 11) is -1.60. The van der Waals surface area contributed by atoms with Crippen LogP contribution >= 0.6 is 11.3 Å². The fourth-order valence-corrected chi connectivity index (χ4v) is 6.77. The third kappa shape index (κ3) is 3.04. The maximum Gasteiger partial charge on any atom is 0.252 e. The fraction of sp³-hybridized carbons (Fsp3) is 0.733. The average Bonchev–Trinajstić information content (AvgIpc) is 3.14. The molecule has 1 heterocycles. The highest BCUT2D eigenvalue weighted by Gasteiger charge is 2.41. The number of sulfonamides is 1. The molecule has 2 aliphatic carbocycles. The normalized spacial score (nSPS) is 28.6. The van der Waals surface area contributed by atoms with Crippen LogP contribution in [0.1, 0.15) is 30.6 Å². The van der Waals surface area contributed by atoms with Gasteiger partial charge in [0.05, 0.1) is 0 Å². The molecule has 0 aliphatic heterocycles. The second-order valence-electron chi connectivity index (χ2n) is 6.48. The smallest absolute Gasteiger partial charge is 0.252 e. The van der Waals surface area contributed by atoms with E-state index in [0.29, 0.717) is 23.2 Å². The zero-order chi connectivity index (χ0) is 15.0. The van der Waals surface area contributed by atoms with E-state index in [4.69, 9.17) is 5.73 Å². The van der Waals surface area contributed by atoms with Crippen molar-refractivity contribution in [3.8, 4) is 0 Å². The van der Waals surface area contributed by atoms with Gasteiger partial charge >= 0.3 is 0 Å². The lowest BCUT2D eigenvalue weighted by Crippen LogP contribution is -2.33. The summed E-state index contributed by atoms with van der Waals surface area (Å²) in [5.74, 6) is 2.17. The molecule has 0 spiro atoms. The van der Waals surface area contributed by atoms with E-state index in [1.165, 1.54) is 37.0 Å². The summed E-state index contributed by atoms with van der Waals surface area (Å²) < 4.78 is 27.3. The predicted octanol–water partition coefficient (Wildman–Crippen LogP) is 2.31. The van der Waals surface area contributed by atoms with Crippen LogP contribution in [0.5, 0.6) is 0 Å². The standard InChI is InChI=1S/C15H24N2O2S2/c1-17(10-13-9-11-2-3-12(13)8-11)21(18,19)15-5-4-14(20-15)6-7-16/h4-5,11-13H,2-3,6-10,16H2,1H3. The van der Waals surface area contributed by atoms with Crippen LogP contribution in [0.15, 0.2) is 16.3 Å². The molecule has 21 heavy (non-hydrogen) atoms. The monoisotopic (exact) mass is 328 g/mol. The maximum absolute atomic E-state index is 12.6. The Morgan fingerprint density at radius 3 is 2.76 bits per heavy atom. The third-order valence-corrected chi connectivity index (χ3v) is 8.50. The molecule has 1 aromatic heterocycles. The lowest BCUT2D eigenvalue weighted by atomic mass is 9.89. The highest BCUT2D eigenvalue weighted by atomic mass is 32.2. The van der Waals surface area contributed by atoms with Gasteiger partial charge < -0.3 is 5.73 Å². The van der Waals surface area contributed by atoms with Gasteiger partial charge in [0.25, 0.3) is 10.0 Å². The molecule has 118 valence electrons. The number of fused-ring (bicyclic) bond motifs is 2. The molecule has 4 nitrogen and oxygen atoms in total. The van der Waals surface area contributed by atoms with E-state index in [1.54, 1.807) is 17.4 Å². The molecule has 3 unspecified atom stereocenters. The molecular formula is C15H24N2O2S2. The quantitative estimate of drug-likeness (QED) is 0.871. The van der Waals surface area contributed by atoms with Crippen LogP contribution in [-0.2, 0) is 16.4 Å². The molecule has 0 amide bonds. The second kappa shape index (κ2) is 5.99. The molecule has 6 heteroatoms. The number of nitrogens with two attached hydrogens (primary N) is 1. The zero-order valence-electron chi connectivity index (χ0n) is 12.5. The Morgan fingerprint density at radius 1 is 1.33 bits per heavy atom. The summed E-state index contributed by atoms with van der Waals surface area (Å²) in [4.78, 5) is 1.05. The van der Waals surface area contributed by atoms with Gasteiger partial charge in [0, 0.05) is 18.5 Å². The second-order valence-corrected chi connectivity index (χ2v) is 9.92. The predicted molar refractivity (Wildman–Crippen MR) is 85.8 cm³/mol. The van der Waals surface area contributed by atoms with Gasteiger partial charge in [-0.2, -0.15) is 4.31 Å². The molecule has 3 rings (SSSR count). The van der Waals surface area contributed by atoms with Crippen LogP contribution in [0.3, 0.4) is 0 Å². The first kappa shape index (κ1) is 15.5. The summed E-state index contributed by atoms with van der Waals surface area (Å²) in [6.07, 6.45) is 5.93. The van der Waals surface area contributed by atoms with Crippen molar-refractivity contribution in [2.75, 3.05) is 20.1 Å². The van der Waals surface area contributed by atoms with Gasteiger partial charge in [-0.1, -0.05) is 6.42 Å². The van der Waals surface area contributed by atoms with Crippen LogP contribution in [0, 0.1) is 17.8 Å². The van der Waals surface area contributed by atoms with E-state index in [2.05, 4.69) is 0 Å². The van der Waals surface area contributed by atoms with Gasteiger partial charge in [0.2, 0.25) is 0 Å². The first-order valence-electron chi connectivity index (χ1n) is 7.76. The Kier molecular flexibility index (Phi) is 4.41. The first-order chi connectivity index (χ1) is 10.0. The lowest BCUT2D eigenvalue weighted by molar-refractivity contribution is 0.280. The molecule has 2 bridgehead atoms. The molecule has 0 radical (unpaired) electrons. The van der Waals surface area contributed by atoms with Crippen molar-refractivity contribution in [3.05, 3.63) is 17.0 Å². The van der Waals surface area contributed by atoms with Crippen LogP contribution in [-0.4, -0.2) is 32.9 Å². The van der Waals surface area contributed by atoms with E-state index in [0.717, 1.165) is 23.1 Å². The van der Waals surface area contributed by atoms with E-state index in [9.17, 15) is 8.42 Å². The van der Waals surface area contributed by atoms with E-state index >= 15 is 0 Å². The third-order valence-electron chi connectivity index (χ3n) is 5.07. The van der Waals surface area contributed by atoms with Crippen LogP contribution < -0.4 is 5.73 Å². The van der Waals surface area contributed by atoms with E-state index in [1.807, 2.05) is 6.07 Å². The number of hydrogen-bond acceptors (Lipinski definition) is 4. The van der Waals surface area contributed by atoms with Gasteiger partial charge in [0.1, 0.15) is 4.21 Å². The largest absolute Gasteiger partial charge is 0.330 e. The Bertz CT molecular complexity index is 597. The van der Waals surface area contributed by atoms with Crippen molar-refractivity contribution >= 4 is 21.4 Å². The van der Waals surface area contributed by atoms with Crippen molar-refractivity contribution in [1.29, 1.82) is 0 Å². The van der Waals surface area contributed by atoms with Crippen LogP contribution in [0.2, 0.25) is 0 Å². The molecule has 1 aromatic rings. The van der Waals surface area contributed by atoms with Crippen molar-refractivity contribution < 1.29 is 8.42 Å². The van der Waals surface area contributed by atoms with E-state index < -0.39 is 10.0 Å². The average molecular weight is 329 g/mol. The number of thiophene rings is 1. The number of nitrogens with zero attached hydrogens (tertiary/aromatic N) is 1. The highest BCUT2D eigenvalue weighted by molar-refractivity contribution is 7.91. The van der Waals surface area contributed by atoms with Gasteiger partial charge in [-0.05, 0) is 62.1 Å². The van der Waals surface area contributed by atoms with Crippen molar-refractivity contribution in [1.82, 2.24) is 4.31 Å². The summed E-state index contributed by atoms with van der Waals surface area (Å²) in [6.45, 7) is 1.23. The molecule has 0 aromatic carbocycles. The summed E-state index contributed by atoms with van der Waals surface area (Å²) in [5, 5.41) is 0. The Morgan fingerprint density at radius 2 is 2.14 bits per heavy atom.